The molecule has 0 spiro atoms. The first-order valence-electron chi connectivity index (χ1n) is 5.65. The van der Waals surface area contributed by atoms with Gasteiger partial charge in [0.15, 0.2) is 0 Å². The van der Waals surface area contributed by atoms with Crippen LogP contribution in [0.3, 0.4) is 0 Å². The van der Waals surface area contributed by atoms with Gasteiger partial charge in [0.2, 0.25) is 0 Å². The van der Waals surface area contributed by atoms with E-state index >= 15 is 0 Å². The maximum absolute atomic E-state index is 9.00. The molecule has 0 atom stereocenters. The number of rotatable bonds is 3. The van der Waals surface area contributed by atoms with E-state index < -0.39 is 0 Å². The third kappa shape index (κ3) is 2.61. The summed E-state index contributed by atoms with van der Waals surface area (Å²) in [6, 6.07) is 13.2. The molecule has 4 heteroatoms. The van der Waals surface area contributed by atoms with Crippen molar-refractivity contribution in [3.05, 3.63) is 47.0 Å². The van der Waals surface area contributed by atoms with Crippen molar-refractivity contribution < 1.29 is 0 Å². The molecule has 0 radical (unpaired) electrons. The average molecular weight is 258 g/mol. The van der Waals surface area contributed by atoms with E-state index in [1.807, 2.05) is 37.3 Å². The summed E-state index contributed by atoms with van der Waals surface area (Å²) < 4.78 is 0. The van der Waals surface area contributed by atoms with E-state index in [9.17, 15) is 0 Å². The number of halogens is 1. The van der Waals surface area contributed by atoms with Crippen LogP contribution < -0.4 is 5.32 Å². The molecule has 0 amide bonds. The average Bonchev–Trinajstić information content (AvgIpc) is 2.39. The highest BCUT2D eigenvalue weighted by molar-refractivity contribution is 6.30. The molecule has 1 aromatic carbocycles. The molecule has 0 aliphatic rings. The number of nitrogens with zero attached hydrogens (tertiary/aromatic N) is 2. The Morgan fingerprint density at radius 1 is 1.33 bits per heavy atom. The van der Waals surface area contributed by atoms with E-state index in [1.54, 1.807) is 6.07 Å². The Kier molecular flexibility index (Phi) is 3.81. The van der Waals surface area contributed by atoms with Gasteiger partial charge in [0.05, 0.1) is 11.3 Å². The lowest BCUT2D eigenvalue weighted by Crippen LogP contribution is -2.02. The molecule has 1 heterocycles. The zero-order chi connectivity index (χ0) is 13.0. The predicted molar refractivity (Wildman–Crippen MR) is 73.6 cm³/mol. The van der Waals surface area contributed by atoms with E-state index in [-0.39, 0.29) is 0 Å². The molecular weight excluding hydrogens is 246 g/mol. The van der Waals surface area contributed by atoms with Crippen molar-refractivity contribution in [2.75, 3.05) is 11.9 Å². The highest BCUT2D eigenvalue weighted by atomic mass is 35.5. The molecule has 0 unspecified atom stereocenters. The summed E-state index contributed by atoms with van der Waals surface area (Å²) in [4.78, 5) is 4.45. The number of nitriles is 1. The van der Waals surface area contributed by atoms with Gasteiger partial charge in [-0.2, -0.15) is 5.26 Å². The van der Waals surface area contributed by atoms with Crippen LogP contribution in [0.4, 0.5) is 5.82 Å². The van der Waals surface area contributed by atoms with Gasteiger partial charge in [-0.15, -0.1) is 0 Å². The normalized spacial score (nSPS) is 9.83. The lowest BCUT2D eigenvalue weighted by molar-refractivity contribution is 1.15. The van der Waals surface area contributed by atoms with Gasteiger partial charge < -0.3 is 5.32 Å². The van der Waals surface area contributed by atoms with Crippen LogP contribution in [-0.2, 0) is 0 Å². The van der Waals surface area contributed by atoms with E-state index in [0.29, 0.717) is 16.4 Å². The lowest BCUT2D eigenvalue weighted by atomic mass is 10.1. The first kappa shape index (κ1) is 12.4. The smallest absolute Gasteiger partial charge is 0.144 e. The Bertz CT molecular complexity index is 602. The fraction of sp³-hybridized carbons (Fsp3) is 0.143. The van der Waals surface area contributed by atoms with Crippen molar-refractivity contribution in [1.82, 2.24) is 4.98 Å². The summed E-state index contributed by atoms with van der Waals surface area (Å²) in [7, 11) is 0. The minimum absolute atomic E-state index is 0.544. The number of nitrogens with one attached hydrogen (secondary N) is 1. The van der Waals surface area contributed by atoms with Crippen molar-refractivity contribution >= 4 is 17.4 Å². The Morgan fingerprint density at radius 3 is 2.83 bits per heavy atom. The highest BCUT2D eigenvalue weighted by Crippen LogP contribution is 2.23. The molecule has 2 rings (SSSR count). The number of hydrogen-bond donors (Lipinski definition) is 1. The van der Waals surface area contributed by atoms with Crippen LogP contribution >= 0.6 is 11.6 Å². The number of pyridine rings is 1. The molecule has 0 bridgehead atoms. The Morgan fingerprint density at radius 2 is 2.17 bits per heavy atom. The highest BCUT2D eigenvalue weighted by Gasteiger charge is 2.06. The molecule has 2 aromatic rings. The maximum atomic E-state index is 9.00. The molecular formula is C14H12ClN3. The zero-order valence-corrected chi connectivity index (χ0v) is 10.7. The molecule has 0 aliphatic heterocycles. The SMILES string of the molecule is CCNc1nc(-c2cccc(Cl)c2)ccc1C#N. The van der Waals surface area contributed by atoms with E-state index in [0.717, 1.165) is 17.8 Å². The zero-order valence-electron chi connectivity index (χ0n) is 9.94. The third-order valence-corrected chi connectivity index (χ3v) is 2.72. The van der Waals surface area contributed by atoms with Gasteiger partial charge in [-0.3, -0.25) is 0 Å². The van der Waals surface area contributed by atoms with E-state index in [2.05, 4.69) is 16.4 Å². The van der Waals surface area contributed by atoms with Crippen LogP contribution in [0.15, 0.2) is 36.4 Å². The Hall–Kier alpha value is -2.05. The van der Waals surface area contributed by atoms with Crippen molar-refractivity contribution in [1.29, 1.82) is 5.26 Å². The minimum atomic E-state index is 0.544. The van der Waals surface area contributed by atoms with Crippen molar-refractivity contribution in [3.8, 4) is 17.3 Å². The van der Waals surface area contributed by atoms with Crippen LogP contribution in [0, 0.1) is 11.3 Å². The van der Waals surface area contributed by atoms with Crippen LogP contribution in [0.2, 0.25) is 5.02 Å². The topological polar surface area (TPSA) is 48.7 Å². The molecule has 1 N–H and O–H groups in total. The molecule has 0 saturated carbocycles. The van der Waals surface area contributed by atoms with Gasteiger partial charge in [0.25, 0.3) is 0 Å². The number of benzene rings is 1. The molecule has 1 aromatic heterocycles. The molecule has 18 heavy (non-hydrogen) atoms. The Balaban J connectivity index is 2.47. The first-order chi connectivity index (χ1) is 8.74. The molecule has 0 fully saturated rings. The first-order valence-corrected chi connectivity index (χ1v) is 6.03. The van der Waals surface area contributed by atoms with Crippen molar-refractivity contribution in [3.63, 3.8) is 0 Å². The van der Waals surface area contributed by atoms with Crippen LogP contribution in [0.25, 0.3) is 11.3 Å². The number of anilines is 1. The van der Waals surface area contributed by atoms with Crippen LogP contribution in [0.5, 0.6) is 0 Å². The summed E-state index contributed by atoms with van der Waals surface area (Å²) in [6.07, 6.45) is 0. The second kappa shape index (κ2) is 5.52. The number of hydrogen-bond acceptors (Lipinski definition) is 3. The van der Waals surface area contributed by atoms with E-state index in [4.69, 9.17) is 16.9 Å². The lowest BCUT2D eigenvalue weighted by Gasteiger charge is -2.07. The monoisotopic (exact) mass is 257 g/mol. The van der Waals surface area contributed by atoms with Gasteiger partial charge in [-0.1, -0.05) is 23.7 Å². The summed E-state index contributed by atoms with van der Waals surface area (Å²) in [5.41, 5.74) is 2.28. The predicted octanol–water partition coefficient (Wildman–Crippen LogP) is 3.71. The molecule has 0 saturated heterocycles. The summed E-state index contributed by atoms with van der Waals surface area (Å²) in [6.45, 7) is 2.69. The Labute approximate surface area is 111 Å². The standard InChI is InChI=1S/C14H12ClN3/c1-2-17-14-11(9-16)6-7-13(18-14)10-4-3-5-12(15)8-10/h3-8H,2H2,1H3,(H,17,18). The van der Waals surface area contributed by atoms with Gasteiger partial charge >= 0.3 is 0 Å². The molecule has 90 valence electrons. The van der Waals surface area contributed by atoms with Gasteiger partial charge in [0, 0.05) is 17.1 Å². The largest absolute Gasteiger partial charge is 0.369 e. The summed E-state index contributed by atoms with van der Waals surface area (Å²) in [5.74, 6) is 0.609. The summed E-state index contributed by atoms with van der Waals surface area (Å²) >= 11 is 5.96. The molecule has 0 aliphatic carbocycles. The second-order valence-corrected chi connectivity index (χ2v) is 4.18. The fourth-order valence-corrected chi connectivity index (χ4v) is 1.85. The van der Waals surface area contributed by atoms with Gasteiger partial charge in [-0.05, 0) is 31.2 Å². The third-order valence-electron chi connectivity index (χ3n) is 2.48. The van der Waals surface area contributed by atoms with Gasteiger partial charge in [0.1, 0.15) is 11.9 Å². The fourth-order valence-electron chi connectivity index (χ4n) is 1.66. The van der Waals surface area contributed by atoms with Crippen molar-refractivity contribution in [2.45, 2.75) is 6.92 Å². The quantitative estimate of drug-likeness (QED) is 0.912. The second-order valence-electron chi connectivity index (χ2n) is 3.75. The number of aromatic nitrogens is 1. The maximum Gasteiger partial charge on any atom is 0.144 e. The van der Waals surface area contributed by atoms with Crippen LogP contribution in [-0.4, -0.2) is 11.5 Å². The van der Waals surface area contributed by atoms with Crippen molar-refractivity contribution in [2.24, 2.45) is 0 Å². The molecule has 3 nitrogen and oxygen atoms in total. The minimum Gasteiger partial charge on any atom is -0.369 e. The van der Waals surface area contributed by atoms with E-state index in [1.165, 1.54) is 0 Å². The van der Waals surface area contributed by atoms with Crippen LogP contribution in [0.1, 0.15) is 12.5 Å². The van der Waals surface area contributed by atoms with Gasteiger partial charge in [-0.25, -0.2) is 4.98 Å². The summed E-state index contributed by atoms with van der Waals surface area (Å²) in [5, 5.41) is 12.8.